The van der Waals surface area contributed by atoms with Gasteiger partial charge in [-0.25, -0.2) is 0 Å². The number of halogens is 2. The lowest BCUT2D eigenvalue weighted by atomic mass is 10.1. The first-order chi connectivity index (χ1) is 6.07. The van der Waals surface area contributed by atoms with Crippen LogP contribution in [0, 0.1) is 5.92 Å². The van der Waals surface area contributed by atoms with Gasteiger partial charge in [0.1, 0.15) is 5.92 Å². The zero-order valence-corrected chi connectivity index (χ0v) is 10.3. The van der Waals surface area contributed by atoms with Crippen LogP contribution in [0.1, 0.15) is 13.3 Å². The third-order valence-electron chi connectivity index (χ3n) is 1.96. The van der Waals surface area contributed by atoms with Crippen LogP contribution in [0.2, 0.25) is 0 Å². The minimum Gasteiger partial charge on any atom is -0.465 e. The molecule has 1 rings (SSSR count). The van der Waals surface area contributed by atoms with E-state index >= 15 is 0 Å². The fourth-order valence-electron chi connectivity index (χ4n) is 1.29. The second-order valence-corrected chi connectivity index (χ2v) is 5.02. The average Bonchev–Trinajstić information content (AvgIpc) is 2.33. The van der Waals surface area contributed by atoms with E-state index in [4.69, 9.17) is 4.74 Å². The zero-order chi connectivity index (χ0) is 10.0. The van der Waals surface area contributed by atoms with Gasteiger partial charge < -0.3 is 4.74 Å². The highest BCUT2D eigenvalue weighted by Crippen LogP contribution is 2.33. The van der Waals surface area contributed by atoms with Crippen molar-refractivity contribution < 1.29 is 14.3 Å². The summed E-state index contributed by atoms with van der Waals surface area (Å²) in [4.78, 5) is 22.5. The lowest BCUT2D eigenvalue weighted by Crippen LogP contribution is -2.24. The molecular weight excluding hydrogens is 304 g/mol. The van der Waals surface area contributed by atoms with Gasteiger partial charge >= 0.3 is 5.97 Å². The van der Waals surface area contributed by atoms with Crippen LogP contribution in [0.4, 0.5) is 0 Å². The van der Waals surface area contributed by atoms with Crippen molar-refractivity contribution >= 4 is 43.6 Å². The van der Waals surface area contributed by atoms with Gasteiger partial charge in [0.2, 0.25) is 0 Å². The molecule has 3 atom stereocenters. The largest absolute Gasteiger partial charge is 0.465 e. The molecule has 1 fully saturated rings. The normalized spacial score (nSPS) is 33.5. The Kier molecular flexibility index (Phi) is 3.91. The van der Waals surface area contributed by atoms with Crippen molar-refractivity contribution in [2.45, 2.75) is 23.0 Å². The van der Waals surface area contributed by atoms with Crippen LogP contribution in [0.25, 0.3) is 0 Å². The molecule has 0 unspecified atom stereocenters. The Hall–Kier alpha value is 0.1000. The molecule has 0 aliphatic heterocycles. The van der Waals surface area contributed by atoms with Crippen molar-refractivity contribution in [2.24, 2.45) is 5.92 Å². The number of hydrogen-bond acceptors (Lipinski definition) is 3. The monoisotopic (exact) mass is 312 g/mol. The molecule has 0 aromatic heterocycles. The van der Waals surface area contributed by atoms with Gasteiger partial charge in [0.25, 0.3) is 0 Å². The molecule has 3 nitrogen and oxygen atoms in total. The van der Waals surface area contributed by atoms with E-state index in [0.29, 0.717) is 13.0 Å². The number of hydrogen-bond donors (Lipinski definition) is 0. The van der Waals surface area contributed by atoms with Gasteiger partial charge in [-0.3, -0.25) is 9.59 Å². The predicted molar refractivity (Wildman–Crippen MR) is 55.2 cm³/mol. The van der Waals surface area contributed by atoms with Crippen LogP contribution in [0.15, 0.2) is 0 Å². The first-order valence-electron chi connectivity index (χ1n) is 4.06. The Labute approximate surface area is 93.5 Å². The van der Waals surface area contributed by atoms with E-state index in [1.54, 1.807) is 6.92 Å². The van der Waals surface area contributed by atoms with E-state index in [-0.39, 0.29) is 15.4 Å². The average molecular weight is 314 g/mol. The molecule has 0 spiro atoms. The minimum atomic E-state index is -0.589. The zero-order valence-electron chi connectivity index (χ0n) is 7.13. The molecule has 0 saturated heterocycles. The fourth-order valence-corrected chi connectivity index (χ4v) is 2.46. The SMILES string of the molecule is CCOC(=O)[C@@H]1C[C@@H](Br)[C@@H](Br)C1=O. The summed E-state index contributed by atoms with van der Waals surface area (Å²) in [5.74, 6) is -1.08. The molecule has 5 heteroatoms. The van der Waals surface area contributed by atoms with Crippen LogP contribution in [-0.2, 0) is 14.3 Å². The first kappa shape index (κ1) is 11.2. The summed E-state index contributed by atoms with van der Waals surface area (Å²) in [6.45, 7) is 2.05. The van der Waals surface area contributed by atoms with Crippen molar-refractivity contribution in [3.8, 4) is 0 Å². The molecule has 0 heterocycles. The molecule has 13 heavy (non-hydrogen) atoms. The number of alkyl halides is 2. The van der Waals surface area contributed by atoms with Gasteiger partial charge in [-0.1, -0.05) is 31.9 Å². The fraction of sp³-hybridized carbons (Fsp3) is 0.750. The number of Topliss-reactive ketones (excluding diaryl/α,β-unsaturated/α-hetero) is 1. The van der Waals surface area contributed by atoms with Crippen LogP contribution >= 0.6 is 31.9 Å². The molecule has 1 aliphatic carbocycles. The number of ether oxygens (including phenoxy) is 1. The van der Waals surface area contributed by atoms with Gasteiger partial charge in [0.15, 0.2) is 5.78 Å². The first-order valence-corrected chi connectivity index (χ1v) is 5.89. The van der Waals surface area contributed by atoms with Crippen molar-refractivity contribution in [3.63, 3.8) is 0 Å². The summed E-state index contributed by atoms with van der Waals surface area (Å²) in [5.41, 5.74) is 0. The highest BCUT2D eigenvalue weighted by Gasteiger charge is 2.43. The van der Waals surface area contributed by atoms with Crippen LogP contribution in [-0.4, -0.2) is 28.0 Å². The van der Waals surface area contributed by atoms with Crippen molar-refractivity contribution in [2.75, 3.05) is 6.61 Å². The highest BCUT2D eigenvalue weighted by molar-refractivity contribution is 9.12. The van der Waals surface area contributed by atoms with E-state index in [2.05, 4.69) is 31.9 Å². The number of carbonyl (C=O) groups is 2. The lowest BCUT2D eigenvalue weighted by molar-refractivity contribution is -0.150. The number of ketones is 1. The summed E-state index contributed by atoms with van der Waals surface area (Å²) < 4.78 is 4.79. The summed E-state index contributed by atoms with van der Waals surface area (Å²) in [6, 6.07) is 0. The number of rotatable bonds is 2. The standard InChI is InChI=1S/C8H10Br2O3/c1-2-13-8(12)4-3-5(9)6(10)7(4)11/h4-6H,2-3H2,1H3/t4-,5-,6-/m1/s1. The molecule has 1 aliphatic rings. The van der Waals surface area contributed by atoms with Crippen molar-refractivity contribution in [1.82, 2.24) is 0 Å². The minimum absolute atomic E-state index is 0.0365. The van der Waals surface area contributed by atoms with Crippen molar-refractivity contribution in [3.05, 3.63) is 0 Å². The Morgan fingerprint density at radius 3 is 2.62 bits per heavy atom. The molecule has 0 aromatic carbocycles. The van der Waals surface area contributed by atoms with Crippen LogP contribution < -0.4 is 0 Å². The molecule has 0 bridgehead atoms. The number of esters is 1. The quantitative estimate of drug-likeness (QED) is 0.442. The van der Waals surface area contributed by atoms with Gasteiger partial charge in [0.05, 0.1) is 11.4 Å². The van der Waals surface area contributed by atoms with E-state index in [1.165, 1.54) is 0 Å². The third-order valence-corrected chi connectivity index (χ3v) is 4.67. The Morgan fingerprint density at radius 2 is 2.23 bits per heavy atom. The highest BCUT2D eigenvalue weighted by atomic mass is 79.9. The number of carbonyl (C=O) groups excluding carboxylic acids is 2. The topological polar surface area (TPSA) is 43.4 Å². The molecule has 0 N–H and O–H groups in total. The predicted octanol–water partition coefficient (Wildman–Crippen LogP) is 1.67. The second kappa shape index (κ2) is 4.55. The van der Waals surface area contributed by atoms with E-state index in [9.17, 15) is 9.59 Å². The van der Waals surface area contributed by atoms with Crippen molar-refractivity contribution in [1.29, 1.82) is 0 Å². The molecule has 0 radical (unpaired) electrons. The second-order valence-electron chi connectivity index (χ2n) is 2.86. The van der Waals surface area contributed by atoms with Gasteiger partial charge in [-0.2, -0.15) is 0 Å². The molecular formula is C8H10Br2O3. The Balaban J connectivity index is 2.63. The summed E-state index contributed by atoms with van der Waals surface area (Å²) in [6.07, 6.45) is 0.521. The molecule has 74 valence electrons. The maximum absolute atomic E-state index is 11.5. The van der Waals surface area contributed by atoms with Gasteiger partial charge in [0, 0.05) is 4.83 Å². The van der Waals surface area contributed by atoms with Gasteiger partial charge in [-0.15, -0.1) is 0 Å². The Bertz CT molecular complexity index is 229. The van der Waals surface area contributed by atoms with Crippen LogP contribution in [0.3, 0.4) is 0 Å². The van der Waals surface area contributed by atoms with E-state index in [0.717, 1.165) is 0 Å². The Morgan fingerprint density at radius 1 is 1.62 bits per heavy atom. The lowest BCUT2D eigenvalue weighted by Gasteiger charge is -2.06. The van der Waals surface area contributed by atoms with E-state index in [1.807, 2.05) is 0 Å². The van der Waals surface area contributed by atoms with Gasteiger partial charge in [-0.05, 0) is 13.3 Å². The molecule has 1 saturated carbocycles. The van der Waals surface area contributed by atoms with E-state index < -0.39 is 11.9 Å². The molecule has 0 amide bonds. The maximum atomic E-state index is 11.5. The summed E-state index contributed by atoms with van der Waals surface area (Å²) in [7, 11) is 0. The maximum Gasteiger partial charge on any atom is 0.316 e. The molecule has 0 aromatic rings. The smallest absolute Gasteiger partial charge is 0.316 e. The summed E-state index contributed by atoms with van der Waals surface area (Å²) in [5, 5.41) is 0. The van der Waals surface area contributed by atoms with Crippen LogP contribution in [0.5, 0.6) is 0 Å². The third kappa shape index (κ3) is 2.31. The summed E-state index contributed by atoms with van der Waals surface area (Å²) >= 11 is 6.55.